The molecule has 0 aliphatic rings. The Bertz CT molecular complexity index is 1220. The summed E-state index contributed by atoms with van der Waals surface area (Å²) in [6, 6.07) is 8.66. The predicted octanol–water partition coefficient (Wildman–Crippen LogP) is 6.98. The van der Waals surface area contributed by atoms with E-state index in [0.717, 1.165) is 53.5 Å². The van der Waals surface area contributed by atoms with Gasteiger partial charge in [0.25, 0.3) is 0 Å². The van der Waals surface area contributed by atoms with Crippen molar-refractivity contribution in [3.05, 3.63) is 58.5 Å². The largest absolute Gasteiger partial charge is 0.493 e. The van der Waals surface area contributed by atoms with E-state index in [1.54, 1.807) is 6.07 Å². The summed E-state index contributed by atoms with van der Waals surface area (Å²) in [5.41, 5.74) is 0.934. The molecule has 2 aromatic carbocycles. The molecule has 1 aromatic heterocycles. The standard InChI is InChI=1S/C27H31F3N2O4S/c1-17-15-23(36-26(3,4)24(33)34)18(2)14-22(17)35-13-7-6-12-32(5)25-31-21(16-37-25)19-8-10-20(11-9-19)27(28,29)30/h8-11,14-16H,6-7,12-13H2,1-5H3,(H,33,34). The molecule has 10 heteroatoms. The van der Waals surface area contributed by atoms with Crippen molar-refractivity contribution in [2.45, 2.75) is 52.3 Å². The Morgan fingerprint density at radius 3 is 2.30 bits per heavy atom. The number of anilines is 1. The number of rotatable bonds is 11. The SMILES string of the molecule is Cc1cc(OC(C)(C)C(=O)O)c(C)cc1OCCCCN(C)c1nc(-c2ccc(C(F)(F)F)cc2)cs1. The van der Waals surface area contributed by atoms with Gasteiger partial charge < -0.3 is 19.5 Å². The van der Waals surface area contributed by atoms with Crippen molar-refractivity contribution in [2.24, 2.45) is 0 Å². The highest BCUT2D eigenvalue weighted by Gasteiger charge is 2.31. The van der Waals surface area contributed by atoms with Gasteiger partial charge in [0.15, 0.2) is 10.7 Å². The summed E-state index contributed by atoms with van der Waals surface area (Å²) in [6.07, 6.45) is -2.69. The number of halogens is 3. The number of hydrogen-bond donors (Lipinski definition) is 1. The van der Waals surface area contributed by atoms with E-state index in [9.17, 15) is 23.1 Å². The number of aromatic nitrogens is 1. The monoisotopic (exact) mass is 536 g/mol. The van der Waals surface area contributed by atoms with Gasteiger partial charge in [0.2, 0.25) is 0 Å². The van der Waals surface area contributed by atoms with Crippen LogP contribution in [0.15, 0.2) is 41.8 Å². The molecule has 0 saturated carbocycles. The fraction of sp³-hybridized carbons (Fsp3) is 0.407. The fourth-order valence-corrected chi connectivity index (χ4v) is 4.31. The molecule has 0 aliphatic carbocycles. The van der Waals surface area contributed by atoms with E-state index in [-0.39, 0.29) is 0 Å². The lowest BCUT2D eigenvalue weighted by Gasteiger charge is -2.23. The maximum Gasteiger partial charge on any atom is 0.416 e. The summed E-state index contributed by atoms with van der Waals surface area (Å²) in [4.78, 5) is 17.9. The third-order valence-corrected chi connectivity index (χ3v) is 6.78. The molecule has 6 nitrogen and oxygen atoms in total. The van der Waals surface area contributed by atoms with Gasteiger partial charge in [0.1, 0.15) is 11.5 Å². The number of nitrogens with zero attached hydrogens (tertiary/aromatic N) is 2. The smallest absolute Gasteiger partial charge is 0.416 e. The van der Waals surface area contributed by atoms with Crippen molar-refractivity contribution in [2.75, 3.05) is 25.1 Å². The Morgan fingerprint density at radius 2 is 1.68 bits per heavy atom. The minimum absolute atomic E-state index is 0.512. The van der Waals surface area contributed by atoms with E-state index in [4.69, 9.17) is 9.47 Å². The Morgan fingerprint density at radius 1 is 1.05 bits per heavy atom. The number of carboxylic acids is 1. The summed E-state index contributed by atoms with van der Waals surface area (Å²) in [6.45, 7) is 8.02. The highest BCUT2D eigenvalue weighted by Crippen LogP contribution is 2.33. The molecule has 3 rings (SSSR count). The Balaban J connectivity index is 1.48. The zero-order chi connectivity index (χ0) is 27.4. The van der Waals surface area contributed by atoms with Crippen molar-refractivity contribution in [1.82, 2.24) is 4.98 Å². The Hall–Kier alpha value is -3.27. The molecular weight excluding hydrogens is 505 g/mol. The third kappa shape index (κ3) is 7.38. The lowest BCUT2D eigenvalue weighted by Crippen LogP contribution is -2.38. The maximum absolute atomic E-state index is 12.8. The van der Waals surface area contributed by atoms with Gasteiger partial charge in [0.05, 0.1) is 17.9 Å². The number of thiazole rings is 1. The highest BCUT2D eigenvalue weighted by atomic mass is 32.1. The number of benzene rings is 2. The summed E-state index contributed by atoms with van der Waals surface area (Å²) >= 11 is 1.45. The maximum atomic E-state index is 12.8. The van der Waals surface area contributed by atoms with Crippen LogP contribution < -0.4 is 14.4 Å². The Labute approximate surface area is 218 Å². The van der Waals surface area contributed by atoms with E-state index in [1.807, 2.05) is 37.2 Å². The zero-order valence-corrected chi connectivity index (χ0v) is 22.3. The van der Waals surface area contributed by atoms with Gasteiger partial charge in [-0.25, -0.2) is 9.78 Å². The topological polar surface area (TPSA) is 71.9 Å². The molecule has 0 unspecified atom stereocenters. The first-order valence-electron chi connectivity index (χ1n) is 11.8. The van der Waals surface area contributed by atoms with Gasteiger partial charge in [0, 0.05) is 24.5 Å². The molecule has 0 radical (unpaired) electrons. The van der Waals surface area contributed by atoms with Gasteiger partial charge >= 0.3 is 12.1 Å². The fourth-order valence-electron chi connectivity index (χ4n) is 3.48. The van der Waals surface area contributed by atoms with Crippen LogP contribution in [0.25, 0.3) is 11.3 Å². The second kappa shape index (κ2) is 11.4. The van der Waals surface area contributed by atoms with E-state index in [1.165, 1.54) is 37.3 Å². The molecule has 3 aromatic rings. The number of aliphatic carboxylic acids is 1. The second-order valence-corrected chi connectivity index (χ2v) is 10.2. The van der Waals surface area contributed by atoms with Gasteiger partial charge in [-0.05, 0) is 75.9 Å². The van der Waals surface area contributed by atoms with Crippen LogP contribution in [-0.2, 0) is 11.0 Å². The lowest BCUT2D eigenvalue weighted by molar-refractivity contribution is -0.152. The molecular formula is C27H31F3N2O4S. The lowest BCUT2D eigenvalue weighted by atomic mass is 10.1. The predicted molar refractivity (Wildman–Crippen MR) is 139 cm³/mol. The van der Waals surface area contributed by atoms with E-state index in [0.29, 0.717) is 23.6 Å². The van der Waals surface area contributed by atoms with Crippen LogP contribution >= 0.6 is 11.3 Å². The molecule has 1 heterocycles. The van der Waals surface area contributed by atoms with E-state index in [2.05, 4.69) is 4.98 Å². The summed E-state index contributed by atoms with van der Waals surface area (Å²) in [5, 5.41) is 11.9. The molecule has 1 N–H and O–H groups in total. The minimum atomic E-state index is -4.36. The van der Waals surface area contributed by atoms with Crippen molar-refractivity contribution in [1.29, 1.82) is 0 Å². The highest BCUT2D eigenvalue weighted by molar-refractivity contribution is 7.14. The first-order valence-corrected chi connectivity index (χ1v) is 12.7. The minimum Gasteiger partial charge on any atom is -0.493 e. The van der Waals surface area contributed by atoms with Crippen LogP contribution in [0.4, 0.5) is 18.3 Å². The van der Waals surface area contributed by atoms with Crippen LogP contribution in [0.1, 0.15) is 43.4 Å². The Kier molecular flexibility index (Phi) is 8.73. The van der Waals surface area contributed by atoms with Crippen LogP contribution in [0.5, 0.6) is 11.5 Å². The van der Waals surface area contributed by atoms with Crippen LogP contribution in [0.3, 0.4) is 0 Å². The number of hydrogen-bond acceptors (Lipinski definition) is 6. The molecule has 200 valence electrons. The molecule has 0 amide bonds. The second-order valence-electron chi connectivity index (χ2n) is 9.37. The number of ether oxygens (including phenoxy) is 2. The normalized spacial score (nSPS) is 11.9. The van der Waals surface area contributed by atoms with Crippen LogP contribution in [0, 0.1) is 13.8 Å². The average molecular weight is 537 g/mol. The molecule has 0 saturated heterocycles. The van der Waals surface area contributed by atoms with Crippen molar-refractivity contribution < 1.29 is 32.5 Å². The van der Waals surface area contributed by atoms with Crippen molar-refractivity contribution in [3.63, 3.8) is 0 Å². The van der Waals surface area contributed by atoms with Crippen molar-refractivity contribution >= 4 is 22.4 Å². The molecule has 37 heavy (non-hydrogen) atoms. The quantitative estimate of drug-likeness (QED) is 0.267. The van der Waals surface area contributed by atoms with Crippen LogP contribution in [-0.4, -0.2) is 41.9 Å². The average Bonchev–Trinajstić information content (AvgIpc) is 3.31. The number of unbranched alkanes of at least 4 members (excludes halogenated alkanes) is 1. The van der Waals surface area contributed by atoms with E-state index < -0.39 is 23.3 Å². The van der Waals surface area contributed by atoms with Gasteiger partial charge in [-0.1, -0.05) is 12.1 Å². The molecule has 0 fully saturated rings. The summed E-state index contributed by atoms with van der Waals surface area (Å²) < 4.78 is 50.0. The zero-order valence-electron chi connectivity index (χ0n) is 21.5. The van der Waals surface area contributed by atoms with E-state index >= 15 is 0 Å². The van der Waals surface area contributed by atoms with Crippen LogP contribution in [0.2, 0.25) is 0 Å². The van der Waals surface area contributed by atoms with Crippen molar-refractivity contribution in [3.8, 4) is 22.8 Å². The molecule has 0 bridgehead atoms. The first-order chi connectivity index (χ1) is 17.3. The molecule has 0 aliphatic heterocycles. The summed E-state index contributed by atoms with van der Waals surface area (Å²) in [7, 11) is 1.93. The summed E-state index contributed by atoms with van der Waals surface area (Å²) in [5.74, 6) is 0.203. The molecule has 0 spiro atoms. The molecule has 0 atom stereocenters. The number of carboxylic acid groups (broad SMARTS) is 1. The van der Waals surface area contributed by atoms with Gasteiger partial charge in [-0.3, -0.25) is 0 Å². The first kappa shape index (κ1) is 28.3. The number of carbonyl (C=O) groups is 1. The number of aryl methyl sites for hydroxylation is 2. The third-order valence-electron chi connectivity index (χ3n) is 5.82. The van der Waals surface area contributed by atoms with Gasteiger partial charge in [-0.15, -0.1) is 11.3 Å². The number of alkyl halides is 3. The van der Waals surface area contributed by atoms with Gasteiger partial charge in [-0.2, -0.15) is 13.2 Å².